The molecule has 0 aliphatic rings. The van der Waals surface area contributed by atoms with Crippen LogP contribution < -0.4 is 15.4 Å². The van der Waals surface area contributed by atoms with Crippen molar-refractivity contribution in [3.63, 3.8) is 0 Å². The molecule has 2 rings (SSSR count). The van der Waals surface area contributed by atoms with Crippen molar-refractivity contribution in [1.29, 1.82) is 0 Å². The van der Waals surface area contributed by atoms with Crippen LogP contribution in [0.25, 0.3) is 0 Å². The molecule has 0 aliphatic carbocycles. The topological polar surface area (TPSA) is 94.0 Å². The van der Waals surface area contributed by atoms with Gasteiger partial charge in [0.05, 0.1) is 13.7 Å². The summed E-state index contributed by atoms with van der Waals surface area (Å²) >= 11 is 5.03. The van der Waals surface area contributed by atoms with E-state index in [4.69, 9.17) is 17.0 Å². The van der Waals surface area contributed by atoms with Crippen LogP contribution in [0.1, 0.15) is 30.1 Å². The predicted molar refractivity (Wildman–Crippen MR) is 89.3 cm³/mol. The predicted octanol–water partition coefficient (Wildman–Crippen LogP) is 1.52. The third-order valence-electron chi connectivity index (χ3n) is 2.84. The number of hydrogen-bond acceptors (Lipinski definition) is 6. The van der Waals surface area contributed by atoms with Gasteiger partial charge in [0.2, 0.25) is 0 Å². The van der Waals surface area contributed by atoms with Gasteiger partial charge < -0.3 is 4.74 Å². The van der Waals surface area contributed by atoms with Crippen molar-refractivity contribution in [3.8, 4) is 5.75 Å². The zero-order valence-electron chi connectivity index (χ0n) is 12.9. The van der Waals surface area contributed by atoms with Crippen LogP contribution in [0.4, 0.5) is 5.95 Å². The molecule has 0 fully saturated rings. The number of aromatic nitrogens is 4. The summed E-state index contributed by atoms with van der Waals surface area (Å²) in [6.45, 7) is 2.77. The van der Waals surface area contributed by atoms with E-state index in [2.05, 4.69) is 33.0 Å². The van der Waals surface area contributed by atoms with Crippen LogP contribution in [-0.4, -0.2) is 37.8 Å². The van der Waals surface area contributed by atoms with Crippen LogP contribution in [0.3, 0.4) is 0 Å². The van der Waals surface area contributed by atoms with Crippen molar-refractivity contribution in [2.75, 3.05) is 11.9 Å². The number of aryl methyl sites for hydroxylation is 1. The molecule has 2 N–H and O–H groups in total. The Labute approximate surface area is 139 Å². The molecule has 0 radical (unpaired) electrons. The van der Waals surface area contributed by atoms with Gasteiger partial charge in [0.15, 0.2) is 5.11 Å². The second kappa shape index (κ2) is 8.18. The van der Waals surface area contributed by atoms with Crippen LogP contribution in [0.5, 0.6) is 5.75 Å². The van der Waals surface area contributed by atoms with Gasteiger partial charge in [-0.05, 0) is 48.1 Å². The fraction of sp³-hybridized carbons (Fsp3) is 0.357. The first-order valence-corrected chi connectivity index (χ1v) is 7.58. The van der Waals surface area contributed by atoms with Crippen LogP contribution >= 0.6 is 12.2 Å². The van der Waals surface area contributed by atoms with Crippen molar-refractivity contribution in [2.24, 2.45) is 7.05 Å². The first-order valence-electron chi connectivity index (χ1n) is 7.17. The first kappa shape index (κ1) is 16.8. The van der Waals surface area contributed by atoms with Gasteiger partial charge in [0.25, 0.3) is 11.9 Å². The number of unbranched alkanes of at least 4 members (excludes halogenated alkanes) is 1. The Morgan fingerprint density at radius 2 is 2.09 bits per heavy atom. The largest absolute Gasteiger partial charge is 0.494 e. The van der Waals surface area contributed by atoms with Gasteiger partial charge >= 0.3 is 0 Å². The Kier molecular flexibility index (Phi) is 5.98. The average molecular weight is 334 g/mol. The Bertz CT molecular complexity index is 670. The van der Waals surface area contributed by atoms with Crippen molar-refractivity contribution < 1.29 is 9.53 Å². The van der Waals surface area contributed by atoms with E-state index in [1.807, 2.05) is 0 Å². The number of thiocarbonyl (C=S) groups is 1. The zero-order chi connectivity index (χ0) is 16.7. The van der Waals surface area contributed by atoms with Crippen LogP contribution in [0, 0.1) is 0 Å². The van der Waals surface area contributed by atoms with E-state index in [-0.39, 0.29) is 17.0 Å². The quantitative estimate of drug-likeness (QED) is 0.611. The molecule has 9 heteroatoms. The lowest BCUT2D eigenvalue weighted by Gasteiger charge is -2.08. The van der Waals surface area contributed by atoms with Gasteiger partial charge in [-0.3, -0.25) is 15.4 Å². The van der Waals surface area contributed by atoms with Gasteiger partial charge in [-0.25, -0.2) is 0 Å². The smallest absolute Gasteiger partial charge is 0.269 e. The molecule has 8 nitrogen and oxygen atoms in total. The summed E-state index contributed by atoms with van der Waals surface area (Å²) in [5.41, 5.74) is 0.476. The Hall–Kier alpha value is -2.55. The maximum atomic E-state index is 12.1. The highest BCUT2D eigenvalue weighted by molar-refractivity contribution is 7.80. The molecule has 0 aliphatic heterocycles. The van der Waals surface area contributed by atoms with E-state index in [1.165, 1.54) is 4.80 Å². The number of carbonyl (C=O) groups is 1. The van der Waals surface area contributed by atoms with Crippen LogP contribution in [0.15, 0.2) is 24.3 Å². The van der Waals surface area contributed by atoms with Crippen LogP contribution in [-0.2, 0) is 7.05 Å². The zero-order valence-corrected chi connectivity index (χ0v) is 13.8. The highest BCUT2D eigenvalue weighted by Gasteiger charge is 2.10. The van der Waals surface area contributed by atoms with Gasteiger partial charge in [0.1, 0.15) is 5.75 Å². The minimum Gasteiger partial charge on any atom is -0.494 e. The molecular formula is C14H18N6O2S. The van der Waals surface area contributed by atoms with Gasteiger partial charge in [-0.15, -0.1) is 5.10 Å². The molecule has 122 valence electrons. The first-order chi connectivity index (χ1) is 11.1. The summed E-state index contributed by atoms with van der Waals surface area (Å²) in [4.78, 5) is 13.4. The van der Waals surface area contributed by atoms with E-state index in [1.54, 1.807) is 31.3 Å². The van der Waals surface area contributed by atoms with Gasteiger partial charge in [-0.1, -0.05) is 18.4 Å². The molecular weight excluding hydrogens is 316 g/mol. The molecule has 23 heavy (non-hydrogen) atoms. The number of carbonyl (C=O) groups excluding carboxylic acids is 1. The van der Waals surface area contributed by atoms with E-state index in [9.17, 15) is 4.79 Å². The SMILES string of the molecule is CCCCOc1ccc(C(=O)NC(=S)Nc2nnn(C)n2)cc1. The molecule has 0 saturated heterocycles. The summed E-state index contributed by atoms with van der Waals surface area (Å²) in [6.07, 6.45) is 2.07. The van der Waals surface area contributed by atoms with E-state index in [0.29, 0.717) is 12.2 Å². The normalized spacial score (nSPS) is 10.2. The fourth-order valence-electron chi connectivity index (χ4n) is 1.68. The maximum Gasteiger partial charge on any atom is 0.269 e. The number of benzene rings is 1. The number of amides is 1. The van der Waals surface area contributed by atoms with E-state index >= 15 is 0 Å². The Morgan fingerprint density at radius 3 is 2.70 bits per heavy atom. The molecule has 2 aromatic rings. The number of nitrogens with one attached hydrogen (secondary N) is 2. The van der Waals surface area contributed by atoms with E-state index in [0.717, 1.165) is 18.6 Å². The number of tetrazole rings is 1. The Balaban J connectivity index is 1.86. The van der Waals surface area contributed by atoms with E-state index < -0.39 is 0 Å². The number of hydrogen-bond donors (Lipinski definition) is 2. The monoisotopic (exact) mass is 334 g/mol. The summed E-state index contributed by atoms with van der Waals surface area (Å²) in [6, 6.07) is 6.87. The average Bonchev–Trinajstić information content (AvgIpc) is 2.93. The van der Waals surface area contributed by atoms with Gasteiger partial charge in [0, 0.05) is 5.56 Å². The maximum absolute atomic E-state index is 12.1. The summed E-state index contributed by atoms with van der Waals surface area (Å²) in [7, 11) is 1.63. The van der Waals surface area contributed by atoms with Crippen molar-refractivity contribution in [3.05, 3.63) is 29.8 Å². The Morgan fingerprint density at radius 1 is 1.35 bits per heavy atom. The molecule has 0 saturated carbocycles. The summed E-state index contributed by atoms with van der Waals surface area (Å²) in [5.74, 6) is 0.628. The molecule has 0 atom stereocenters. The molecule has 1 heterocycles. The van der Waals surface area contributed by atoms with Crippen molar-refractivity contribution in [2.45, 2.75) is 19.8 Å². The third kappa shape index (κ3) is 5.29. The summed E-state index contributed by atoms with van der Waals surface area (Å²) in [5, 5.41) is 16.6. The highest BCUT2D eigenvalue weighted by atomic mass is 32.1. The summed E-state index contributed by atoms with van der Waals surface area (Å²) < 4.78 is 5.55. The number of anilines is 1. The minimum atomic E-state index is -0.327. The van der Waals surface area contributed by atoms with Gasteiger partial charge in [-0.2, -0.15) is 4.80 Å². The highest BCUT2D eigenvalue weighted by Crippen LogP contribution is 2.12. The second-order valence-electron chi connectivity index (χ2n) is 4.74. The lowest BCUT2D eigenvalue weighted by Crippen LogP contribution is -2.34. The third-order valence-corrected chi connectivity index (χ3v) is 3.05. The number of rotatable bonds is 6. The number of ether oxygens (including phenoxy) is 1. The van der Waals surface area contributed by atoms with Crippen molar-refractivity contribution >= 4 is 29.2 Å². The van der Waals surface area contributed by atoms with Crippen molar-refractivity contribution in [1.82, 2.24) is 25.5 Å². The molecule has 0 bridgehead atoms. The standard InChI is InChI=1S/C14H18N6O2S/c1-3-4-9-22-11-7-5-10(6-8-11)12(21)15-14(23)16-13-17-19-20(2)18-13/h5-8H,3-4,9H2,1-2H3,(H2,15,16,18,21,23). The van der Waals surface area contributed by atoms with Crippen LogP contribution in [0.2, 0.25) is 0 Å². The molecule has 1 aromatic heterocycles. The lowest BCUT2D eigenvalue weighted by atomic mass is 10.2. The minimum absolute atomic E-state index is 0.103. The molecule has 1 aromatic carbocycles. The number of nitrogens with zero attached hydrogens (tertiary/aromatic N) is 4. The lowest BCUT2D eigenvalue weighted by molar-refractivity contribution is 0.0977. The fourth-order valence-corrected chi connectivity index (χ4v) is 1.86. The molecule has 0 spiro atoms. The molecule has 0 unspecified atom stereocenters. The second-order valence-corrected chi connectivity index (χ2v) is 5.15. The molecule has 1 amide bonds.